The number of hydrogen-bond donors (Lipinski definition) is 2. The van der Waals surface area contributed by atoms with E-state index in [1.54, 1.807) is 24.3 Å². The average Bonchev–Trinajstić information content (AvgIpc) is 3.22. The van der Waals surface area contributed by atoms with Crippen LogP contribution in [0.5, 0.6) is 11.5 Å². The molecule has 1 amide bonds. The minimum Gasteiger partial charge on any atom is -0.490 e. The maximum Gasteiger partial charge on any atom is 0.335 e. The summed E-state index contributed by atoms with van der Waals surface area (Å²) >= 11 is 3.47. The van der Waals surface area contributed by atoms with E-state index in [1.165, 1.54) is 17.3 Å². The van der Waals surface area contributed by atoms with Gasteiger partial charge in [-0.2, -0.15) is 0 Å². The Bertz CT molecular complexity index is 1370. The highest BCUT2D eigenvalue weighted by Gasteiger charge is 2.24. The van der Waals surface area contributed by atoms with Crippen LogP contribution in [-0.4, -0.2) is 28.8 Å². The number of carbonyl (C=O) groups is 2. The van der Waals surface area contributed by atoms with Gasteiger partial charge in [0.2, 0.25) is 0 Å². The Hall–Kier alpha value is -3.31. The summed E-state index contributed by atoms with van der Waals surface area (Å²) in [5.41, 5.74) is 3.88. The Labute approximate surface area is 233 Å². The molecule has 0 radical (unpaired) electrons. The number of aromatic carboxylic acids is 1. The molecule has 1 heterocycles. The molecule has 0 saturated carbocycles. The molecule has 0 atom stereocenters. The molecule has 0 unspecified atom stereocenters. The number of thioether (sulfide) groups is 1. The minimum absolute atomic E-state index is 0.202. The van der Waals surface area contributed by atoms with Gasteiger partial charge >= 0.3 is 5.97 Å². The molecule has 37 heavy (non-hydrogen) atoms. The Balaban J connectivity index is 1.52. The first-order chi connectivity index (χ1) is 17.9. The van der Waals surface area contributed by atoms with E-state index < -0.39 is 5.97 Å². The zero-order valence-electron chi connectivity index (χ0n) is 20.3. The predicted molar refractivity (Wildman–Crippen MR) is 155 cm³/mol. The highest BCUT2D eigenvalue weighted by Crippen LogP contribution is 2.37. The fourth-order valence-corrected chi connectivity index (χ4v) is 5.15. The van der Waals surface area contributed by atoms with Crippen molar-refractivity contribution in [3.63, 3.8) is 0 Å². The van der Waals surface area contributed by atoms with E-state index in [9.17, 15) is 9.59 Å². The van der Waals surface area contributed by atoms with Crippen LogP contribution in [0, 0.1) is 3.57 Å². The number of carboxylic acid groups (broad SMARTS) is 1. The van der Waals surface area contributed by atoms with Crippen molar-refractivity contribution in [1.29, 1.82) is 0 Å². The van der Waals surface area contributed by atoms with Crippen LogP contribution < -0.4 is 14.8 Å². The number of nitrogens with zero attached hydrogens (tertiary/aromatic N) is 1. The second-order valence-electron chi connectivity index (χ2n) is 8.06. The van der Waals surface area contributed by atoms with Gasteiger partial charge in [0.15, 0.2) is 16.7 Å². The molecule has 1 aliphatic heterocycles. The van der Waals surface area contributed by atoms with E-state index in [4.69, 9.17) is 14.6 Å². The number of rotatable bonds is 9. The number of hydrogen-bond acceptors (Lipinski definition) is 6. The van der Waals surface area contributed by atoms with Gasteiger partial charge in [0, 0.05) is 0 Å². The zero-order chi connectivity index (χ0) is 26.4. The van der Waals surface area contributed by atoms with Crippen LogP contribution in [-0.2, 0) is 17.8 Å². The highest BCUT2D eigenvalue weighted by atomic mass is 127. The summed E-state index contributed by atoms with van der Waals surface area (Å²) in [4.78, 5) is 28.7. The first-order valence-electron chi connectivity index (χ1n) is 11.7. The van der Waals surface area contributed by atoms with Crippen molar-refractivity contribution in [2.45, 2.75) is 26.9 Å². The van der Waals surface area contributed by atoms with E-state index in [-0.39, 0.29) is 18.1 Å². The molecule has 1 saturated heterocycles. The molecule has 0 aliphatic carbocycles. The third-order valence-corrected chi connectivity index (χ3v) is 7.15. The van der Waals surface area contributed by atoms with Gasteiger partial charge in [0.25, 0.3) is 5.91 Å². The largest absolute Gasteiger partial charge is 0.490 e. The van der Waals surface area contributed by atoms with Gasteiger partial charge in [-0.05, 0) is 107 Å². The monoisotopic (exact) mass is 628 g/mol. The third-order valence-electron chi connectivity index (χ3n) is 5.44. The summed E-state index contributed by atoms with van der Waals surface area (Å²) in [6.45, 7) is 4.70. The number of carboxylic acids is 1. The summed E-state index contributed by atoms with van der Waals surface area (Å²) in [6.07, 6.45) is 2.77. The summed E-state index contributed by atoms with van der Waals surface area (Å²) in [5.74, 6) is -0.0135. The maximum atomic E-state index is 12.6. The molecule has 190 valence electrons. The number of aliphatic imine (C=N–C) groups is 1. The molecule has 2 N–H and O–H groups in total. The third kappa shape index (κ3) is 6.92. The number of amidine groups is 1. The fourth-order valence-electron chi connectivity index (χ4n) is 3.53. The minimum atomic E-state index is -0.969. The number of aryl methyl sites for hydroxylation is 1. The lowest BCUT2D eigenvalue weighted by atomic mass is 10.1. The number of ether oxygens (including phenoxy) is 2. The lowest BCUT2D eigenvalue weighted by molar-refractivity contribution is -0.115. The van der Waals surface area contributed by atoms with E-state index in [1.807, 2.05) is 49.4 Å². The average molecular weight is 628 g/mol. The van der Waals surface area contributed by atoms with Crippen LogP contribution in [0.2, 0.25) is 0 Å². The summed E-state index contributed by atoms with van der Waals surface area (Å²) in [7, 11) is 0. The normalized spacial score (nSPS) is 15.2. The Morgan fingerprint density at radius 2 is 1.76 bits per heavy atom. The van der Waals surface area contributed by atoms with Gasteiger partial charge in [-0.25, -0.2) is 9.79 Å². The number of halogens is 1. The van der Waals surface area contributed by atoms with Crippen molar-refractivity contribution >= 4 is 63.2 Å². The molecule has 4 rings (SSSR count). The highest BCUT2D eigenvalue weighted by molar-refractivity contribution is 14.1. The lowest BCUT2D eigenvalue weighted by Gasteiger charge is -2.15. The second kappa shape index (κ2) is 12.3. The van der Waals surface area contributed by atoms with Crippen molar-refractivity contribution in [3.8, 4) is 11.5 Å². The molecule has 3 aromatic carbocycles. The quantitative estimate of drug-likeness (QED) is 0.210. The SMILES string of the molecule is CCOc1cc(/C=C2\SC(=Nc3ccc(CC)cc3)NC2=O)cc(I)c1OCc1ccc(C(=O)O)cc1. The lowest BCUT2D eigenvalue weighted by Crippen LogP contribution is -2.19. The second-order valence-corrected chi connectivity index (χ2v) is 10.2. The van der Waals surface area contributed by atoms with Crippen LogP contribution in [0.1, 0.15) is 40.9 Å². The number of amides is 1. The van der Waals surface area contributed by atoms with Gasteiger partial charge < -0.3 is 19.9 Å². The van der Waals surface area contributed by atoms with Crippen molar-refractivity contribution in [1.82, 2.24) is 5.32 Å². The Morgan fingerprint density at radius 3 is 2.41 bits per heavy atom. The molecular weight excluding hydrogens is 603 g/mol. The number of benzene rings is 3. The molecule has 0 bridgehead atoms. The topological polar surface area (TPSA) is 97.2 Å². The smallest absolute Gasteiger partial charge is 0.335 e. The van der Waals surface area contributed by atoms with E-state index in [2.05, 4.69) is 39.8 Å². The summed E-state index contributed by atoms with van der Waals surface area (Å²) < 4.78 is 12.7. The van der Waals surface area contributed by atoms with Crippen molar-refractivity contribution < 1.29 is 24.2 Å². The predicted octanol–water partition coefficient (Wildman–Crippen LogP) is 6.42. The molecule has 0 aromatic heterocycles. The zero-order valence-corrected chi connectivity index (χ0v) is 23.3. The molecule has 3 aromatic rings. The van der Waals surface area contributed by atoms with Crippen LogP contribution in [0.4, 0.5) is 5.69 Å². The first kappa shape index (κ1) is 26.7. The van der Waals surface area contributed by atoms with Gasteiger partial charge in [0.05, 0.1) is 26.3 Å². The van der Waals surface area contributed by atoms with Gasteiger partial charge in [-0.1, -0.05) is 31.2 Å². The molecule has 0 spiro atoms. The van der Waals surface area contributed by atoms with Crippen LogP contribution in [0.3, 0.4) is 0 Å². The molecular formula is C28H25IN2O5S. The number of carbonyl (C=O) groups excluding carboxylic acids is 1. The van der Waals surface area contributed by atoms with Crippen molar-refractivity contribution in [2.75, 3.05) is 6.61 Å². The molecule has 1 aliphatic rings. The molecule has 9 heteroatoms. The summed E-state index contributed by atoms with van der Waals surface area (Å²) in [6, 6.07) is 18.3. The van der Waals surface area contributed by atoms with E-state index >= 15 is 0 Å². The van der Waals surface area contributed by atoms with E-state index in [0.29, 0.717) is 28.2 Å². The standard InChI is InChI=1S/C28H25IN2O5S/c1-3-17-7-11-21(12-8-17)30-28-31-26(32)24(37-28)15-19-13-22(29)25(23(14-19)35-4-2)36-16-18-5-9-20(10-6-18)27(33)34/h5-15H,3-4,16H2,1-2H3,(H,33,34)(H,30,31,32)/b24-15-. The van der Waals surface area contributed by atoms with Crippen LogP contribution >= 0.6 is 34.4 Å². The maximum absolute atomic E-state index is 12.6. The van der Waals surface area contributed by atoms with Gasteiger partial charge in [-0.15, -0.1) is 0 Å². The summed E-state index contributed by atoms with van der Waals surface area (Å²) in [5, 5.41) is 12.4. The van der Waals surface area contributed by atoms with E-state index in [0.717, 1.165) is 26.8 Å². The Kier molecular flexibility index (Phi) is 8.88. The van der Waals surface area contributed by atoms with Crippen LogP contribution in [0.15, 0.2) is 70.6 Å². The first-order valence-corrected chi connectivity index (χ1v) is 13.6. The Morgan fingerprint density at radius 1 is 1.05 bits per heavy atom. The molecule has 1 fully saturated rings. The van der Waals surface area contributed by atoms with Gasteiger partial charge in [-0.3, -0.25) is 4.79 Å². The van der Waals surface area contributed by atoms with Crippen LogP contribution in [0.25, 0.3) is 6.08 Å². The fraction of sp³-hybridized carbons (Fsp3) is 0.179. The molecule has 7 nitrogen and oxygen atoms in total. The number of nitrogens with one attached hydrogen (secondary N) is 1. The van der Waals surface area contributed by atoms with Crippen molar-refractivity contribution in [3.05, 3.63) is 91.4 Å². The van der Waals surface area contributed by atoms with Crippen molar-refractivity contribution in [2.24, 2.45) is 4.99 Å². The van der Waals surface area contributed by atoms with Gasteiger partial charge in [0.1, 0.15) is 6.61 Å².